The number of epoxide rings is 1. The zero-order valence-corrected chi connectivity index (χ0v) is 57.9. The van der Waals surface area contributed by atoms with Crippen molar-refractivity contribution in [1.29, 1.82) is 0 Å². The van der Waals surface area contributed by atoms with Crippen molar-refractivity contribution in [1.82, 2.24) is 0 Å². The van der Waals surface area contributed by atoms with E-state index in [0.717, 1.165) is 56.5 Å². The highest BCUT2D eigenvalue weighted by molar-refractivity contribution is 7.91. The lowest BCUT2D eigenvalue weighted by atomic mass is 10.2. The van der Waals surface area contributed by atoms with Crippen LogP contribution >= 0.6 is 0 Å². The quantitative estimate of drug-likeness (QED) is 0.00822. The minimum absolute atomic E-state index is 0.0167. The number of aliphatic hydroxyl groups is 4. The highest BCUT2D eigenvalue weighted by atomic mass is 32.2. The van der Waals surface area contributed by atoms with Gasteiger partial charge < -0.3 is 90.1 Å². The Bertz CT molecular complexity index is 3390. The number of hydrogen-bond acceptors (Lipinski definition) is 22. The number of benzene rings is 7. The van der Waals surface area contributed by atoms with Crippen molar-refractivity contribution in [3.63, 3.8) is 0 Å². The van der Waals surface area contributed by atoms with Crippen LogP contribution in [0.3, 0.4) is 0 Å². The summed E-state index contributed by atoms with van der Waals surface area (Å²) in [7, 11) is -6.80. The van der Waals surface area contributed by atoms with Crippen LogP contribution in [0.5, 0.6) is 11.5 Å². The van der Waals surface area contributed by atoms with E-state index in [2.05, 4.69) is 77.9 Å². The standard InChI is InChI=1S/C17H21NO5S.C17H19NO4S.C15H25NO4.C15H23NO3.C7H9N.C2H4O/c18-15-3-7-17(8-4-15)24(20,21)13-14-1-5-16(6-2-14)23-12-11-22-10-9-19;1-2-21-11-12-22-16-7-3-14(4-8-16)13-23(19,20)17-9-5-15(18)6-10-17;1-14-3-2-4-15(13-14)16(5-9-19-11-7-17)6-10-20-12-8-18;1-3-18-10-7-16(8-11-19-12-9-17)15-6-4-5-14(2)13-15;1-6-3-2-4-7(8)5-6;1-2-3-1/h1-8,19H,9-13,18H2;2-10H,1,11-13,18H2;2-4,13,17-18H,5-12H2,1H3;3-6,13,17H,1,7-12H2,2H3;2-5H,8H2,1H3;1-2H2. The van der Waals surface area contributed by atoms with Gasteiger partial charge in [-0.1, -0.05) is 73.8 Å². The van der Waals surface area contributed by atoms with Crippen LogP contribution in [0.2, 0.25) is 0 Å². The van der Waals surface area contributed by atoms with Gasteiger partial charge in [-0.25, -0.2) is 16.8 Å². The molecule has 10 N–H and O–H groups in total. The summed E-state index contributed by atoms with van der Waals surface area (Å²) in [6.45, 7) is 23.6. The molecule has 7 aromatic rings. The summed E-state index contributed by atoms with van der Waals surface area (Å²) in [4.78, 5) is 4.89. The summed E-state index contributed by atoms with van der Waals surface area (Å²) in [6.07, 6.45) is 2.81. The number of rotatable bonds is 38. The van der Waals surface area contributed by atoms with Crippen molar-refractivity contribution in [3.05, 3.63) is 223 Å². The molecule has 1 aliphatic rings. The molecule has 7 aromatic carbocycles. The average Bonchev–Trinajstić information content (AvgIpc) is 1.29. The van der Waals surface area contributed by atoms with Crippen molar-refractivity contribution in [2.24, 2.45) is 0 Å². The molecule has 0 spiro atoms. The lowest BCUT2D eigenvalue weighted by Crippen LogP contribution is -2.31. The molecule has 532 valence electrons. The van der Waals surface area contributed by atoms with Gasteiger partial charge in [0.25, 0.3) is 0 Å². The first-order chi connectivity index (χ1) is 46.9. The Balaban J connectivity index is 0.000000320. The number of nitrogens with zero attached hydrogens (tertiary/aromatic N) is 2. The maximum absolute atomic E-state index is 12.4. The van der Waals surface area contributed by atoms with E-state index in [9.17, 15) is 16.8 Å². The molecule has 1 heterocycles. The highest BCUT2D eigenvalue weighted by Gasteiger charge is 2.17. The smallest absolute Gasteiger partial charge is 0.182 e. The summed E-state index contributed by atoms with van der Waals surface area (Å²) in [5.74, 6) is 1.13. The van der Waals surface area contributed by atoms with Gasteiger partial charge in [0.15, 0.2) is 19.7 Å². The molecular formula is C73H101N5O17S2. The monoisotopic (exact) mass is 1380 g/mol. The molecule has 1 fully saturated rings. The summed E-state index contributed by atoms with van der Waals surface area (Å²) < 4.78 is 96.0. The van der Waals surface area contributed by atoms with E-state index < -0.39 is 19.7 Å². The zero-order chi connectivity index (χ0) is 70.8. The van der Waals surface area contributed by atoms with Gasteiger partial charge in [-0.2, -0.15) is 0 Å². The van der Waals surface area contributed by atoms with Crippen LogP contribution < -0.4 is 36.5 Å². The second-order valence-electron chi connectivity index (χ2n) is 21.2. The molecule has 0 amide bonds. The van der Waals surface area contributed by atoms with E-state index in [1.165, 1.54) is 53.5 Å². The van der Waals surface area contributed by atoms with E-state index in [1.807, 2.05) is 43.3 Å². The number of nitrogens with two attached hydrogens (primary N) is 3. The lowest BCUT2D eigenvalue weighted by molar-refractivity contribution is 0.0705. The molecule has 0 bridgehead atoms. The number of anilines is 5. The van der Waals surface area contributed by atoms with E-state index in [4.69, 9.17) is 75.5 Å². The number of nitrogen functional groups attached to an aromatic ring is 3. The molecule has 0 radical (unpaired) electrons. The van der Waals surface area contributed by atoms with Crippen LogP contribution in [0.1, 0.15) is 27.8 Å². The van der Waals surface area contributed by atoms with Crippen LogP contribution in [0, 0.1) is 20.8 Å². The van der Waals surface area contributed by atoms with E-state index >= 15 is 0 Å². The van der Waals surface area contributed by atoms with Crippen LogP contribution in [0.4, 0.5) is 28.4 Å². The summed E-state index contributed by atoms with van der Waals surface area (Å²) in [5, 5.41) is 34.7. The van der Waals surface area contributed by atoms with E-state index in [1.54, 1.807) is 72.8 Å². The average molecular weight is 1380 g/mol. The van der Waals surface area contributed by atoms with E-state index in [-0.39, 0.29) is 54.3 Å². The molecule has 0 aromatic heterocycles. The molecule has 0 atom stereocenters. The molecule has 24 heteroatoms. The second kappa shape index (κ2) is 50.2. The van der Waals surface area contributed by atoms with Crippen molar-refractivity contribution in [2.45, 2.75) is 42.1 Å². The van der Waals surface area contributed by atoms with Crippen LogP contribution in [0.15, 0.2) is 205 Å². The molecule has 8 rings (SSSR count). The fraction of sp³-hybridized carbons (Fsp3) is 0.370. The highest BCUT2D eigenvalue weighted by Crippen LogP contribution is 2.23. The predicted octanol–water partition coefficient (Wildman–Crippen LogP) is 8.80. The Morgan fingerprint density at radius 2 is 0.753 bits per heavy atom. The molecule has 0 aliphatic carbocycles. The van der Waals surface area contributed by atoms with Gasteiger partial charge >= 0.3 is 0 Å². The first kappa shape index (κ1) is 83.0. The van der Waals surface area contributed by atoms with Crippen molar-refractivity contribution in [3.8, 4) is 11.5 Å². The number of ether oxygens (including phenoxy) is 9. The van der Waals surface area contributed by atoms with Gasteiger partial charge in [-0.15, -0.1) is 0 Å². The number of hydrogen-bond donors (Lipinski definition) is 7. The lowest BCUT2D eigenvalue weighted by Gasteiger charge is -2.25. The Morgan fingerprint density at radius 3 is 1.08 bits per heavy atom. The van der Waals surface area contributed by atoms with Crippen molar-refractivity contribution < 1.29 is 79.9 Å². The van der Waals surface area contributed by atoms with Gasteiger partial charge in [-0.05, 0) is 158 Å². The predicted molar refractivity (Wildman–Crippen MR) is 384 cm³/mol. The summed E-state index contributed by atoms with van der Waals surface area (Å²) in [6, 6.07) is 50.6. The first-order valence-corrected chi connectivity index (χ1v) is 35.0. The maximum Gasteiger partial charge on any atom is 0.182 e. The minimum atomic E-state index is -3.41. The SMILES string of the molecule is C1CO1.C=COCCN(CCOCCO)c1cccc(C)c1.C=COCCOc1ccc(CS(=O)(=O)c2ccc(N)cc2)cc1.Cc1cccc(N(CCOCCO)CCOCCO)c1.Cc1cccc(N)c1.Nc1ccc(S(=O)(=O)Cc2ccc(OCCOCCO)cc2)cc1. The fourth-order valence-electron chi connectivity index (χ4n) is 8.33. The van der Waals surface area contributed by atoms with Gasteiger partial charge in [0.05, 0.1) is 133 Å². The van der Waals surface area contributed by atoms with Gasteiger partial charge in [0.2, 0.25) is 0 Å². The third-order valence-corrected chi connectivity index (χ3v) is 16.6. The van der Waals surface area contributed by atoms with Crippen LogP contribution in [0.25, 0.3) is 0 Å². The third-order valence-electron chi connectivity index (χ3n) is 13.2. The summed E-state index contributed by atoms with van der Waals surface area (Å²) in [5.41, 5.74) is 25.8. The number of sulfone groups is 2. The third kappa shape index (κ3) is 38.9. The molecule has 97 heavy (non-hydrogen) atoms. The Morgan fingerprint density at radius 1 is 0.412 bits per heavy atom. The van der Waals surface area contributed by atoms with E-state index in [0.29, 0.717) is 107 Å². The van der Waals surface area contributed by atoms with Crippen molar-refractivity contribution in [2.75, 3.05) is 172 Å². The second-order valence-corrected chi connectivity index (χ2v) is 25.2. The van der Waals surface area contributed by atoms with Crippen LogP contribution in [-0.2, 0) is 64.3 Å². The van der Waals surface area contributed by atoms with Gasteiger partial charge in [-0.3, -0.25) is 0 Å². The Hall–Kier alpha value is -8.24. The normalized spacial score (nSPS) is 11.1. The molecule has 0 unspecified atom stereocenters. The Kier molecular flexibility index (Phi) is 42.9. The molecule has 0 saturated carbocycles. The fourth-order valence-corrected chi connectivity index (χ4v) is 11.0. The number of aryl methyl sites for hydroxylation is 3. The zero-order valence-electron chi connectivity index (χ0n) is 56.2. The van der Waals surface area contributed by atoms with Gasteiger partial charge in [0, 0.05) is 48.1 Å². The molecule has 1 saturated heterocycles. The Labute approximate surface area is 574 Å². The largest absolute Gasteiger partial charge is 0.500 e. The maximum atomic E-state index is 12.4. The molecular weight excluding hydrogens is 1280 g/mol. The first-order valence-electron chi connectivity index (χ1n) is 31.7. The molecule has 1 aliphatic heterocycles. The number of aliphatic hydroxyl groups excluding tert-OH is 4. The van der Waals surface area contributed by atoms with Crippen LogP contribution in [-0.4, -0.2) is 182 Å². The summed E-state index contributed by atoms with van der Waals surface area (Å²) >= 11 is 0. The van der Waals surface area contributed by atoms with Gasteiger partial charge in [0.1, 0.15) is 37.9 Å². The topological polar surface area (TPSA) is 320 Å². The van der Waals surface area contributed by atoms with Crippen molar-refractivity contribution >= 4 is 48.1 Å². The molecule has 22 nitrogen and oxygen atoms in total. The minimum Gasteiger partial charge on any atom is -0.500 e.